The third kappa shape index (κ3) is 19.8. The van der Waals surface area contributed by atoms with Gasteiger partial charge in [0.25, 0.3) is 0 Å². The van der Waals surface area contributed by atoms with E-state index in [0.29, 0.717) is 41.3 Å². The first-order valence-corrected chi connectivity index (χ1v) is 30.2. The summed E-state index contributed by atoms with van der Waals surface area (Å²) in [5.41, 5.74) is 24.3. The first-order valence-electron chi connectivity index (χ1n) is 30.2. The highest BCUT2D eigenvalue weighted by Gasteiger charge is 2.42. The van der Waals surface area contributed by atoms with E-state index in [2.05, 4.69) is 57.8 Å². The van der Waals surface area contributed by atoms with Crippen LogP contribution < -0.4 is 70.8 Å². The number of fused-ring (bicyclic) bond motifs is 2. The SMILES string of the molecule is CC(=O)N[C@@H](CO)C(=O)N[C@@H](C)C(=O)N[C@@H](CCCN=C(N)N)C(=O)N[C@@H](Cc1c[nH]c2ccccc12)C(=O)N[C@H]1C/C=C\C[C@@H](C(=O)N2CCC[C@H]2C(=O)N[C@@H](CCCN)C(N)=O)NC(=O)[C@H](C)NC(=O)[C@@H]2CCCN2C(=O)[C@H](Cc2ccccc2)NC1=O. The van der Waals surface area contributed by atoms with Crippen LogP contribution in [0, 0.1) is 0 Å². The molecule has 3 aliphatic rings. The molecule has 3 aromatic rings. The van der Waals surface area contributed by atoms with Gasteiger partial charge in [0.1, 0.15) is 66.5 Å². The molecule has 0 bridgehead atoms. The summed E-state index contributed by atoms with van der Waals surface area (Å²) in [5.74, 6) is -9.50. The van der Waals surface area contributed by atoms with Crippen LogP contribution in [0.5, 0.6) is 0 Å². The summed E-state index contributed by atoms with van der Waals surface area (Å²) in [4.78, 5) is 177. The maximum atomic E-state index is 15.2. The van der Waals surface area contributed by atoms with E-state index in [-0.39, 0.29) is 89.9 Å². The van der Waals surface area contributed by atoms with E-state index in [1.807, 2.05) is 0 Å². The van der Waals surface area contributed by atoms with Gasteiger partial charge in [-0.2, -0.15) is 0 Å². The minimum atomic E-state index is -1.55. The van der Waals surface area contributed by atoms with Gasteiger partial charge in [0.05, 0.1) is 6.61 Å². The molecule has 6 rings (SSSR count). The Balaban J connectivity index is 1.37. The van der Waals surface area contributed by atoms with Gasteiger partial charge in [0, 0.05) is 56.5 Å². The number of para-hydroxylation sites is 1. The first kappa shape index (κ1) is 69.6. The van der Waals surface area contributed by atoms with Crippen LogP contribution in [-0.2, 0) is 70.4 Å². The maximum absolute atomic E-state index is 15.2. The molecule has 0 spiro atoms. The summed E-state index contributed by atoms with van der Waals surface area (Å²) in [6.45, 7) is 3.51. The minimum absolute atomic E-state index is 0.0111. The lowest BCUT2D eigenvalue weighted by atomic mass is 10.0. The number of H-pyrrole nitrogens is 1. The lowest BCUT2D eigenvalue weighted by Crippen LogP contribution is -2.60. The molecule has 488 valence electrons. The quantitative estimate of drug-likeness (QED) is 0.0166. The van der Waals surface area contributed by atoms with Crippen molar-refractivity contribution in [1.29, 1.82) is 0 Å². The molecular formula is C60H85N17O13. The number of aliphatic hydroxyl groups is 1. The maximum Gasteiger partial charge on any atom is 0.246 e. The number of aliphatic imine (C=N–C) groups is 1. The summed E-state index contributed by atoms with van der Waals surface area (Å²) in [6.07, 6.45) is 5.48. The van der Waals surface area contributed by atoms with Crippen LogP contribution >= 0.6 is 0 Å². The van der Waals surface area contributed by atoms with Gasteiger partial charge in [-0.1, -0.05) is 60.7 Å². The molecule has 0 aliphatic carbocycles. The predicted octanol–water partition coefficient (Wildman–Crippen LogP) is -4.02. The van der Waals surface area contributed by atoms with Gasteiger partial charge in [0.15, 0.2) is 5.96 Å². The number of hydrogen-bond acceptors (Lipinski definition) is 15. The number of carbonyl (C=O) groups excluding carboxylic acids is 12. The van der Waals surface area contributed by atoms with Crippen molar-refractivity contribution in [1.82, 2.24) is 62.6 Å². The minimum Gasteiger partial charge on any atom is -0.394 e. The fourth-order valence-electron chi connectivity index (χ4n) is 11.0. The number of hydrogen-bond donors (Lipinski definition) is 15. The number of aromatic amines is 1. The molecule has 11 atom stereocenters. The molecular weight excluding hydrogens is 1170 g/mol. The van der Waals surface area contributed by atoms with Crippen molar-refractivity contribution in [2.45, 2.75) is 164 Å². The van der Waals surface area contributed by atoms with Gasteiger partial charge in [-0.05, 0) is 102 Å². The second-order valence-corrected chi connectivity index (χ2v) is 22.6. The Morgan fingerprint density at radius 2 is 1.40 bits per heavy atom. The van der Waals surface area contributed by atoms with Crippen molar-refractivity contribution >= 4 is 87.7 Å². The van der Waals surface area contributed by atoms with Crippen LogP contribution in [0.3, 0.4) is 0 Å². The number of aliphatic hydroxyl groups excluding tert-OH is 1. The topological polar surface area (TPSA) is 472 Å². The number of aromatic nitrogens is 1. The van der Waals surface area contributed by atoms with Crippen molar-refractivity contribution in [3.8, 4) is 0 Å². The zero-order valence-electron chi connectivity index (χ0n) is 50.8. The molecule has 0 saturated carbocycles. The highest BCUT2D eigenvalue weighted by molar-refractivity contribution is 6.00. The molecule has 2 saturated heterocycles. The third-order valence-electron chi connectivity index (χ3n) is 15.8. The van der Waals surface area contributed by atoms with Crippen LogP contribution in [0.15, 0.2) is 77.9 Å². The normalized spacial score (nSPS) is 21.9. The summed E-state index contributed by atoms with van der Waals surface area (Å²) >= 11 is 0. The average Bonchev–Trinajstić information content (AvgIpc) is 2.30. The van der Waals surface area contributed by atoms with Gasteiger partial charge in [0.2, 0.25) is 70.9 Å². The Labute approximate surface area is 520 Å². The number of benzene rings is 2. The van der Waals surface area contributed by atoms with Crippen LogP contribution in [0.1, 0.15) is 96.1 Å². The van der Waals surface area contributed by atoms with E-state index < -0.39 is 144 Å². The average molecular weight is 1250 g/mol. The summed E-state index contributed by atoms with van der Waals surface area (Å²) in [7, 11) is 0. The number of primary amides is 1. The molecule has 30 nitrogen and oxygen atoms in total. The van der Waals surface area contributed by atoms with Crippen LogP contribution in [0.4, 0.5) is 0 Å². The van der Waals surface area contributed by atoms with Crippen LogP contribution in [0.25, 0.3) is 10.9 Å². The molecule has 3 aliphatic heterocycles. The smallest absolute Gasteiger partial charge is 0.246 e. The molecule has 2 aromatic carbocycles. The monoisotopic (exact) mass is 1250 g/mol. The van der Waals surface area contributed by atoms with E-state index in [9.17, 15) is 53.1 Å². The predicted molar refractivity (Wildman–Crippen MR) is 329 cm³/mol. The van der Waals surface area contributed by atoms with E-state index >= 15 is 9.59 Å². The lowest BCUT2D eigenvalue weighted by Gasteiger charge is -2.31. The Morgan fingerprint density at radius 1 is 0.722 bits per heavy atom. The molecule has 12 amide bonds. The fourth-order valence-corrected chi connectivity index (χ4v) is 11.0. The van der Waals surface area contributed by atoms with Crippen molar-refractivity contribution in [3.05, 3.63) is 84.1 Å². The Bertz CT molecular complexity index is 3140. The highest BCUT2D eigenvalue weighted by atomic mass is 16.3. The molecule has 90 heavy (non-hydrogen) atoms. The van der Waals surface area contributed by atoms with Crippen molar-refractivity contribution in [2.24, 2.45) is 27.9 Å². The number of amides is 12. The molecule has 19 N–H and O–H groups in total. The largest absolute Gasteiger partial charge is 0.394 e. The molecule has 0 unspecified atom stereocenters. The number of rotatable bonds is 25. The third-order valence-corrected chi connectivity index (χ3v) is 15.8. The number of guanidine groups is 1. The summed E-state index contributed by atoms with van der Waals surface area (Å²) < 4.78 is 0. The Hall–Kier alpha value is -9.45. The zero-order chi connectivity index (χ0) is 65.6. The second-order valence-electron chi connectivity index (χ2n) is 22.6. The van der Waals surface area contributed by atoms with E-state index in [1.165, 1.54) is 35.8 Å². The van der Waals surface area contributed by atoms with Gasteiger partial charge in [-0.25, -0.2) is 0 Å². The van der Waals surface area contributed by atoms with E-state index in [1.54, 1.807) is 60.8 Å². The Kier molecular flexibility index (Phi) is 26.1. The number of nitrogens with one attached hydrogen (secondary N) is 10. The fraction of sp³-hybridized carbons (Fsp3) is 0.517. The van der Waals surface area contributed by atoms with Crippen molar-refractivity contribution < 1.29 is 62.6 Å². The molecule has 0 radical (unpaired) electrons. The number of likely N-dealkylation sites (tertiary alicyclic amines) is 1. The molecule has 4 heterocycles. The lowest BCUT2D eigenvalue weighted by molar-refractivity contribution is -0.143. The van der Waals surface area contributed by atoms with Gasteiger partial charge < -0.3 is 90.7 Å². The van der Waals surface area contributed by atoms with E-state index in [4.69, 9.17) is 22.9 Å². The summed E-state index contributed by atoms with van der Waals surface area (Å²) in [6, 6.07) is 1.51. The number of carbonyl (C=O) groups is 12. The number of nitrogens with zero attached hydrogens (tertiary/aromatic N) is 3. The van der Waals surface area contributed by atoms with Gasteiger partial charge in [-0.3, -0.25) is 62.5 Å². The van der Waals surface area contributed by atoms with Crippen LogP contribution in [-0.4, -0.2) is 196 Å². The van der Waals surface area contributed by atoms with Crippen LogP contribution in [0.2, 0.25) is 0 Å². The first-order chi connectivity index (χ1) is 43.0. The van der Waals surface area contributed by atoms with Gasteiger partial charge in [-0.15, -0.1) is 0 Å². The van der Waals surface area contributed by atoms with E-state index in [0.717, 1.165) is 6.92 Å². The molecule has 1 aromatic heterocycles. The summed E-state index contributed by atoms with van der Waals surface area (Å²) in [5, 5.41) is 34.1. The Morgan fingerprint density at radius 3 is 2.10 bits per heavy atom. The standard InChI is InChI=1S/C60H85N17O13/c1-33(67-55(86)46(32-78)69-35(3)79)50(81)71-42(22-12-26-65-60(63)64)52(83)74-44(30-37-31-66-39-18-8-7-17-38(37)39)54(85)72-41-19-9-10-20-43(58(89)76-27-14-24-48(76)57(88)70-40(49(62)80)21-11-25-61)73-51(82)34(2)68-56(87)47-23-13-28-77(47)59(90)45(75-53(41)84)29-36-15-5-4-6-16-36/h4-10,15-18,31,33-34,40-48,66,78H,11-14,19-30,32,61H2,1-3H3,(H2,62,80)(H,67,86)(H,68,87)(H,69,79)(H,70,88)(H,71,81)(H,72,85)(H,73,82)(H,74,83)(H,75,84)(H4,63,64,65)/b10-9-/t33-,34-,40-,41-,42-,43-,44-,45-,46-,47-,48-/m0/s1. The molecule has 30 heteroatoms. The highest BCUT2D eigenvalue weighted by Crippen LogP contribution is 2.24. The van der Waals surface area contributed by atoms with Crippen molar-refractivity contribution in [2.75, 3.05) is 32.8 Å². The molecule has 2 fully saturated rings. The van der Waals surface area contributed by atoms with Crippen molar-refractivity contribution in [3.63, 3.8) is 0 Å². The van der Waals surface area contributed by atoms with Gasteiger partial charge >= 0.3 is 0 Å². The number of nitrogens with two attached hydrogens (primary N) is 4. The second kappa shape index (κ2) is 33.8. The zero-order valence-corrected chi connectivity index (χ0v) is 50.8.